The number of ether oxygens (including phenoxy) is 2. The Morgan fingerprint density at radius 3 is 1.89 bits per heavy atom. The molecule has 0 unspecified atom stereocenters. The maximum atomic E-state index is 5.69. The zero-order valence-corrected chi connectivity index (χ0v) is 12.4. The fraction of sp³-hybridized carbons (Fsp3) is 0.625. The van der Waals surface area contributed by atoms with Gasteiger partial charge in [-0.25, -0.2) is 0 Å². The normalized spacial score (nSPS) is 10.7. The molecule has 1 rings (SSSR count). The van der Waals surface area contributed by atoms with Crippen molar-refractivity contribution in [3.8, 4) is 11.5 Å². The third-order valence-corrected chi connectivity index (χ3v) is 3.09. The molecule has 0 bridgehead atoms. The zero-order valence-electron chi connectivity index (χ0n) is 12.4. The van der Waals surface area contributed by atoms with Crippen LogP contribution >= 0.6 is 0 Å². The van der Waals surface area contributed by atoms with Gasteiger partial charge in [0, 0.05) is 12.6 Å². The molecular weight excluding hydrogens is 238 g/mol. The lowest BCUT2D eigenvalue weighted by molar-refractivity contribution is 0.299. The summed E-state index contributed by atoms with van der Waals surface area (Å²) in [7, 11) is 0. The summed E-state index contributed by atoms with van der Waals surface area (Å²) in [6.07, 6.45) is 3.36. The van der Waals surface area contributed by atoms with Crippen LogP contribution in [0.2, 0.25) is 0 Å². The van der Waals surface area contributed by atoms with Crippen LogP contribution in [-0.4, -0.2) is 25.8 Å². The molecule has 0 atom stereocenters. The maximum Gasteiger partial charge on any atom is 0.119 e. The lowest BCUT2D eigenvalue weighted by atomic mass is 10.2. The third kappa shape index (κ3) is 6.48. The van der Waals surface area contributed by atoms with E-state index < -0.39 is 0 Å². The molecule has 0 amide bonds. The first-order valence-corrected chi connectivity index (χ1v) is 7.39. The molecule has 1 N–H and O–H groups in total. The first-order valence-electron chi connectivity index (χ1n) is 7.39. The monoisotopic (exact) mass is 265 g/mol. The van der Waals surface area contributed by atoms with Crippen LogP contribution in [0.4, 0.5) is 0 Å². The van der Waals surface area contributed by atoms with Gasteiger partial charge in [-0.15, -0.1) is 0 Å². The topological polar surface area (TPSA) is 30.5 Å². The van der Waals surface area contributed by atoms with Gasteiger partial charge >= 0.3 is 0 Å². The molecule has 3 nitrogen and oxygen atoms in total. The summed E-state index contributed by atoms with van der Waals surface area (Å²) in [6.45, 7) is 8.87. The standard InChI is InChI=1S/C16H27NO2/c1-4-12-18-15-7-9-16(10-8-15)19-13-11-17-14(5-2)6-3/h7-10,14,17H,4-6,11-13H2,1-3H3. The number of hydrogen-bond donors (Lipinski definition) is 1. The second kappa shape index (κ2) is 9.68. The van der Waals surface area contributed by atoms with Crippen LogP contribution < -0.4 is 14.8 Å². The summed E-state index contributed by atoms with van der Waals surface area (Å²) in [5.41, 5.74) is 0. The van der Waals surface area contributed by atoms with E-state index in [9.17, 15) is 0 Å². The molecule has 0 aromatic heterocycles. The van der Waals surface area contributed by atoms with Crippen LogP contribution in [0.1, 0.15) is 40.0 Å². The molecule has 0 saturated heterocycles. The third-order valence-electron chi connectivity index (χ3n) is 3.09. The summed E-state index contributed by atoms with van der Waals surface area (Å²) in [6, 6.07) is 8.44. The van der Waals surface area contributed by atoms with E-state index in [4.69, 9.17) is 9.47 Å². The molecule has 0 aliphatic heterocycles. The van der Waals surface area contributed by atoms with Gasteiger partial charge in [-0.05, 0) is 43.5 Å². The Bertz CT molecular complexity index is 320. The van der Waals surface area contributed by atoms with E-state index in [0.717, 1.165) is 31.1 Å². The van der Waals surface area contributed by atoms with E-state index in [1.54, 1.807) is 0 Å². The van der Waals surface area contributed by atoms with E-state index in [0.29, 0.717) is 12.6 Å². The van der Waals surface area contributed by atoms with Crippen molar-refractivity contribution in [1.29, 1.82) is 0 Å². The minimum Gasteiger partial charge on any atom is -0.494 e. The number of nitrogens with one attached hydrogen (secondary N) is 1. The SMILES string of the molecule is CCCOc1ccc(OCCNC(CC)CC)cc1. The number of hydrogen-bond acceptors (Lipinski definition) is 3. The van der Waals surface area contributed by atoms with Gasteiger partial charge in [0.1, 0.15) is 18.1 Å². The lowest BCUT2D eigenvalue weighted by Crippen LogP contribution is -2.31. The summed E-state index contributed by atoms with van der Waals surface area (Å²) in [5, 5.41) is 3.48. The van der Waals surface area contributed by atoms with Gasteiger partial charge in [-0.1, -0.05) is 20.8 Å². The van der Waals surface area contributed by atoms with Crippen LogP contribution in [0.15, 0.2) is 24.3 Å². The molecule has 1 aromatic carbocycles. The minimum absolute atomic E-state index is 0.605. The van der Waals surface area contributed by atoms with E-state index in [1.807, 2.05) is 24.3 Å². The molecule has 108 valence electrons. The molecule has 0 spiro atoms. The maximum absolute atomic E-state index is 5.69. The molecule has 19 heavy (non-hydrogen) atoms. The van der Waals surface area contributed by atoms with Crippen LogP contribution in [0, 0.1) is 0 Å². The second-order valence-corrected chi connectivity index (χ2v) is 4.64. The Kier molecular flexibility index (Phi) is 8.07. The van der Waals surface area contributed by atoms with E-state index in [1.165, 1.54) is 12.8 Å². The number of benzene rings is 1. The van der Waals surface area contributed by atoms with Crippen LogP contribution in [-0.2, 0) is 0 Å². The first kappa shape index (κ1) is 15.8. The highest BCUT2D eigenvalue weighted by Gasteiger charge is 2.01. The summed E-state index contributed by atoms with van der Waals surface area (Å²) in [5.74, 6) is 1.81. The van der Waals surface area contributed by atoms with Crippen molar-refractivity contribution in [3.63, 3.8) is 0 Å². The van der Waals surface area contributed by atoms with E-state index >= 15 is 0 Å². The molecule has 0 saturated carbocycles. The molecule has 0 fully saturated rings. The zero-order chi connectivity index (χ0) is 13.9. The van der Waals surface area contributed by atoms with Gasteiger partial charge in [-0.3, -0.25) is 0 Å². The van der Waals surface area contributed by atoms with Crippen LogP contribution in [0.5, 0.6) is 11.5 Å². The first-order chi connectivity index (χ1) is 9.30. The molecule has 3 heteroatoms. The molecule has 0 heterocycles. The van der Waals surface area contributed by atoms with Crippen LogP contribution in [0.25, 0.3) is 0 Å². The Morgan fingerprint density at radius 2 is 1.42 bits per heavy atom. The second-order valence-electron chi connectivity index (χ2n) is 4.64. The molecule has 0 radical (unpaired) electrons. The van der Waals surface area contributed by atoms with Crippen molar-refractivity contribution in [2.45, 2.75) is 46.1 Å². The van der Waals surface area contributed by atoms with Crippen molar-refractivity contribution < 1.29 is 9.47 Å². The predicted octanol–water partition coefficient (Wildman–Crippen LogP) is 3.63. The smallest absolute Gasteiger partial charge is 0.119 e. The molecule has 0 aliphatic carbocycles. The van der Waals surface area contributed by atoms with Crippen molar-refractivity contribution in [2.75, 3.05) is 19.8 Å². The molecule has 1 aromatic rings. The van der Waals surface area contributed by atoms with Gasteiger partial charge in [0.25, 0.3) is 0 Å². The minimum atomic E-state index is 0.605. The Balaban J connectivity index is 2.22. The largest absolute Gasteiger partial charge is 0.494 e. The summed E-state index contributed by atoms with van der Waals surface area (Å²) < 4.78 is 11.2. The fourth-order valence-corrected chi connectivity index (χ4v) is 1.86. The van der Waals surface area contributed by atoms with Crippen LogP contribution in [0.3, 0.4) is 0 Å². The van der Waals surface area contributed by atoms with Crippen molar-refractivity contribution in [3.05, 3.63) is 24.3 Å². The van der Waals surface area contributed by atoms with Gasteiger partial charge in [0.15, 0.2) is 0 Å². The van der Waals surface area contributed by atoms with E-state index in [2.05, 4.69) is 26.1 Å². The predicted molar refractivity (Wildman–Crippen MR) is 80.1 cm³/mol. The van der Waals surface area contributed by atoms with E-state index in [-0.39, 0.29) is 0 Å². The van der Waals surface area contributed by atoms with Crippen molar-refractivity contribution in [1.82, 2.24) is 5.32 Å². The van der Waals surface area contributed by atoms with Crippen molar-refractivity contribution >= 4 is 0 Å². The van der Waals surface area contributed by atoms with Crippen molar-refractivity contribution in [2.24, 2.45) is 0 Å². The quantitative estimate of drug-likeness (QED) is 0.655. The highest BCUT2D eigenvalue weighted by molar-refractivity contribution is 5.31. The average Bonchev–Trinajstić information content (AvgIpc) is 2.46. The van der Waals surface area contributed by atoms with Gasteiger partial charge in [0.05, 0.1) is 6.61 Å². The van der Waals surface area contributed by atoms with Gasteiger partial charge in [0.2, 0.25) is 0 Å². The average molecular weight is 265 g/mol. The van der Waals surface area contributed by atoms with Gasteiger partial charge in [-0.2, -0.15) is 0 Å². The Labute approximate surface area is 117 Å². The summed E-state index contributed by atoms with van der Waals surface area (Å²) >= 11 is 0. The number of rotatable bonds is 10. The highest BCUT2D eigenvalue weighted by atomic mass is 16.5. The lowest BCUT2D eigenvalue weighted by Gasteiger charge is -2.15. The Hall–Kier alpha value is -1.22. The fourth-order valence-electron chi connectivity index (χ4n) is 1.86. The molecule has 0 aliphatic rings. The van der Waals surface area contributed by atoms with Gasteiger partial charge < -0.3 is 14.8 Å². The highest BCUT2D eigenvalue weighted by Crippen LogP contribution is 2.17. The molecular formula is C16H27NO2. The summed E-state index contributed by atoms with van der Waals surface area (Å²) in [4.78, 5) is 0. The Morgan fingerprint density at radius 1 is 0.895 bits per heavy atom.